The molecule has 0 aromatic carbocycles. The number of ketones is 1. The van der Waals surface area contributed by atoms with E-state index in [2.05, 4.69) is 0 Å². The van der Waals surface area contributed by atoms with Crippen molar-refractivity contribution in [1.82, 2.24) is 9.97 Å². The molecule has 0 saturated heterocycles. The van der Waals surface area contributed by atoms with E-state index in [9.17, 15) is 29.0 Å². The van der Waals surface area contributed by atoms with Gasteiger partial charge in [-0.25, -0.2) is 9.18 Å². The summed E-state index contributed by atoms with van der Waals surface area (Å²) in [7, 11) is 0. The molecule has 4 N–H and O–H groups in total. The quantitative estimate of drug-likeness (QED) is 0.468. The zero-order valence-corrected chi connectivity index (χ0v) is 19.2. The maximum Gasteiger partial charge on any atom is 0.325 e. The highest BCUT2D eigenvalue weighted by atomic mass is 19.1. The lowest BCUT2D eigenvalue weighted by atomic mass is 9.44. The van der Waals surface area contributed by atoms with Crippen molar-refractivity contribution in [2.45, 2.75) is 83.1 Å². The maximum atomic E-state index is 16.6. The summed E-state index contributed by atoms with van der Waals surface area (Å²) in [6.45, 7) is 5.79. The molecule has 7 atom stereocenters. The van der Waals surface area contributed by atoms with E-state index in [0.717, 1.165) is 18.4 Å². The Morgan fingerprint density at radius 1 is 1.06 bits per heavy atom. The minimum atomic E-state index is -1.69. The molecule has 0 unspecified atom stereocenters. The second kappa shape index (κ2) is 7.70. The molecule has 4 aliphatic rings. The number of alkyl halides is 1. The molecular formula is C24H32F2N2O5. The minimum Gasteiger partial charge on any atom is -0.390 e. The number of rotatable bonds is 0. The lowest BCUT2D eigenvalue weighted by molar-refractivity contribution is -0.225. The van der Waals surface area contributed by atoms with Crippen LogP contribution in [0.4, 0.5) is 8.78 Å². The Morgan fingerprint density at radius 2 is 1.76 bits per heavy atom. The number of aromatic amines is 2. The molecule has 1 heterocycles. The first kappa shape index (κ1) is 24.0. The van der Waals surface area contributed by atoms with Crippen molar-refractivity contribution >= 4 is 5.78 Å². The molecule has 0 amide bonds. The van der Waals surface area contributed by atoms with Crippen molar-refractivity contribution in [1.29, 1.82) is 0 Å². The normalized spacial score (nSPS) is 44.0. The average molecular weight is 467 g/mol. The molecule has 1 aromatic heterocycles. The Hall–Kier alpha value is -2.13. The third-order valence-corrected chi connectivity index (χ3v) is 9.38. The van der Waals surface area contributed by atoms with E-state index < -0.39 is 45.3 Å². The highest BCUT2D eigenvalue weighted by molar-refractivity contribution is 5.91. The van der Waals surface area contributed by atoms with Gasteiger partial charge in [-0.3, -0.25) is 14.6 Å². The van der Waals surface area contributed by atoms with Crippen molar-refractivity contribution < 1.29 is 23.8 Å². The van der Waals surface area contributed by atoms with Crippen molar-refractivity contribution in [2.24, 2.45) is 22.7 Å². The number of nitrogens with one attached hydrogen (secondary N) is 2. The molecule has 0 spiro atoms. The number of aromatic nitrogens is 2. The first-order chi connectivity index (χ1) is 15.3. The number of allylic oxidation sites excluding steroid dienone is 1. The summed E-state index contributed by atoms with van der Waals surface area (Å²) in [4.78, 5) is 35.8. The number of halogens is 2. The van der Waals surface area contributed by atoms with Crippen molar-refractivity contribution in [2.75, 3.05) is 0 Å². The molecule has 182 valence electrons. The number of hydrogen-bond donors (Lipinski definition) is 4. The fourth-order valence-electron chi connectivity index (χ4n) is 7.18. The third-order valence-electron chi connectivity index (χ3n) is 9.38. The van der Waals surface area contributed by atoms with E-state index in [4.69, 9.17) is 0 Å². The lowest BCUT2D eigenvalue weighted by Gasteiger charge is -2.63. The monoisotopic (exact) mass is 466 g/mol. The van der Waals surface area contributed by atoms with E-state index in [0.29, 0.717) is 38.3 Å². The highest BCUT2D eigenvalue weighted by Crippen LogP contribution is 2.70. The summed E-state index contributed by atoms with van der Waals surface area (Å²) in [5.41, 5.74) is -4.54. The van der Waals surface area contributed by atoms with Gasteiger partial charge >= 0.3 is 5.69 Å². The van der Waals surface area contributed by atoms with Crippen LogP contribution < -0.4 is 11.2 Å². The van der Waals surface area contributed by atoms with E-state index in [1.54, 1.807) is 11.1 Å². The van der Waals surface area contributed by atoms with Crippen LogP contribution in [0.3, 0.4) is 0 Å². The smallest absolute Gasteiger partial charge is 0.325 e. The van der Waals surface area contributed by atoms with Crippen molar-refractivity contribution in [3.8, 4) is 0 Å². The molecule has 4 aliphatic carbocycles. The maximum absolute atomic E-state index is 16.6. The van der Waals surface area contributed by atoms with E-state index >= 15 is 4.39 Å². The molecule has 1 aromatic rings. The average Bonchev–Trinajstić information content (AvgIpc) is 2.96. The number of aliphatic hydroxyl groups is 2. The van der Waals surface area contributed by atoms with Crippen molar-refractivity contribution in [3.05, 3.63) is 44.5 Å². The van der Waals surface area contributed by atoms with Crippen LogP contribution in [0.25, 0.3) is 0 Å². The molecule has 0 radical (unpaired) electrons. The fourth-order valence-corrected chi connectivity index (χ4v) is 7.18. The van der Waals surface area contributed by atoms with E-state index in [-0.39, 0.29) is 17.6 Å². The minimum absolute atomic E-state index is 0.0865. The Labute approximate surface area is 190 Å². The summed E-state index contributed by atoms with van der Waals surface area (Å²) >= 11 is 0. The van der Waals surface area contributed by atoms with E-state index in [1.807, 2.05) is 25.8 Å². The largest absolute Gasteiger partial charge is 0.390 e. The van der Waals surface area contributed by atoms with Crippen LogP contribution in [0.5, 0.6) is 0 Å². The molecule has 33 heavy (non-hydrogen) atoms. The van der Waals surface area contributed by atoms with Gasteiger partial charge in [0, 0.05) is 29.4 Å². The number of H-pyrrole nitrogens is 2. The van der Waals surface area contributed by atoms with Gasteiger partial charge in [-0.2, -0.15) is 4.39 Å². The highest BCUT2D eigenvalue weighted by Gasteiger charge is 2.72. The number of fused-ring (bicyclic) bond motifs is 5. The van der Waals surface area contributed by atoms with E-state index in [1.165, 1.54) is 0 Å². The summed E-state index contributed by atoms with van der Waals surface area (Å²) in [6, 6.07) is 0. The predicted octanol–water partition coefficient (Wildman–Crippen LogP) is 2.53. The Morgan fingerprint density at radius 3 is 2.39 bits per heavy atom. The standard InChI is InChI=1S/C20H29FO3.C4H3FN2O2/c1-17-8-6-13(22)10-12(17)4-5-15-14-7-9-19(3,24)18(14,2)11-16(23)20(15,17)21;5-2-1-6-4(9)7-3(2)8/h10,14-16,23-24H,4-9,11H2,1-3H3;1H,(H2,6,7,8,9)/t14-,15-,16-,17-,18-,19-,20-;/m0./s1. The summed E-state index contributed by atoms with van der Waals surface area (Å²) in [5, 5.41) is 21.9. The number of aliphatic hydroxyl groups excluding tert-OH is 1. The van der Waals surface area contributed by atoms with Crippen LogP contribution in [-0.4, -0.2) is 43.3 Å². The predicted molar refractivity (Wildman–Crippen MR) is 117 cm³/mol. The third kappa shape index (κ3) is 3.38. The molecule has 3 saturated carbocycles. The van der Waals surface area contributed by atoms with Crippen LogP contribution >= 0.6 is 0 Å². The molecule has 9 heteroatoms. The van der Waals surface area contributed by atoms with Gasteiger partial charge in [-0.05, 0) is 57.4 Å². The molecule has 7 nitrogen and oxygen atoms in total. The topological polar surface area (TPSA) is 123 Å². The van der Waals surface area contributed by atoms with Gasteiger partial charge in [-0.15, -0.1) is 0 Å². The van der Waals surface area contributed by atoms with Crippen LogP contribution in [0.1, 0.15) is 65.7 Å². The van der Waals surface area contributed by atoms with Gasteiger partial charge in [0.2, 0.25) is 5.82 Å². The first-order valence-electron chi connectivity index (χ1n) is 11.6. The molecule has 3 fully saturated rings. The molecule has 5 rings (SSSR count). The van der Waals surface area contributed by atoms with Gasteiger partial charge in [-0.1, -0.05) is 19.4 Å². The molecule has 0 bridgehead atoms. The second-order valence-corrected chi connectivity index (χ2v) is 10.9. The Kier molecular flexibility index (Phi) is 5.60. The number of carbonyl (C=O) groups is 1. The first-order valence-corrected chi connectivity index (χ1v) is 11.6. The zero-order valence-electron chi connectivity index (χ0n) is 19.2. The lowest BCUT2D eigenvalue weighted by Crippen LogP contribution is -2.68. The number of hydrogen-bond acceptors (Lipinski definition) is 5. The van der Waals surface area contributed by atoms with Gasteiger partial charge in [0.05, 0.1) is 11.7 Å². The van der Waals surface area contributed by atoms with Crippen LogP contribution in [0, 0.1) is 28.5 Å². The van der Waals surface area contributed by atoms with Gasteiger partial charge < -0.3 is 15.2 Å². The fraction of sp³-hybridized carbons (Fsp3) is 0.708. The van der Waals surface area contributed by atoms with Gasteiger partial charge in [0.15, 0.2) is 5.78 Å². The second-order valence-electron chi connectivity index (χ2n) is 10.9. The summed E-state index contributed by atoms with van der Waals surface area (Å²) < 4.78 is 28.6. The number of carbonyl (C=O) groups excluding carboxylic acids is 1. The summed E-state index contributed by atoms with van der Waals surface area (Å²) in [5.74, 6) is -1.05. The van der Waals surface area contributed by atoms with Gasteiger partial charge in [0.25, 0.3) is 5.56 Å². The van der Waals surface area contributed by atoms with Crippen LogP contribution in [0.15, 0.2) is 27.4 Å². The van der Waals surface area contributed by atoms with Gasteiger partial charge in [0.1, 0.15) is 5.67 Å². The Balaban J connectivity index is 0.000000243. The molecule has 0 aliphatic heterocycles. The zero-order chi connectivity index (χ0) is 24.4. The van der Waals surface area contributed by atoms with Crippen LogP contribution in [0.2, 0.25) is 0 Å². The summed E-state index contributed by atoms with van der Waals surface area (Å²) in [6.07, 6.45) is 5.31. The van der Waals surface area contributed by atoms with Crippen molar-refractivity contribution in [3.63, 3.8) is 0 Å². The molecular weight excluding hydrogens is 434 g/mol. The SMILES string of the molecule is C[C@]1(O)CC[C@H]2[C@@H]3CCC4=CC(=O)CC[C@]4(C)[C@@]3(F)[C@@H](O)C[C@@]21C.O=c1[nH]cc(F)c(=O)[nH]1. The van der Waals surface area contributed by atoms with Crippen LogP contribution in [-0.2, 0) is 4.79 Å². The Bertz CT molecular complexity index is 1110.